The van der Waals surface area contributed by atoms with Gasteiger partial charge in [0.15, 0.2) is 6.04 Å². The second-order valence-electron chi connectivity index (χ2n) is 2.49. The van der Waals surface area contributed by atoms with E-state index in [0.29, 0.717) is 0 Å². The van der Waals surface area contributed by atoms with E-state index < -0.39 is 18.1 Å². The molecule has 12 heavy (non-hydrogen) atoms. The van der Waals surface area contributed by atoms with Gasteiger partial charge < -0.3 is 9.47 Å². The van der Waals surface area contributed by atoms with Crippen LogP contribution in [0.15, 0.2) is 5.11 Å². The smallest absolute Gasteiger partial charge is 0.318 e. The molecular formula is C6H9N3O3. The van der Waals surface area contributed by atoms with E-state index >= 15 is 0 Å². The fourth-order valence-electron chi connectivity index (χ4n) is 1.20. The average molecular weight is 171 g/mol. The Kier molecular flexibility index (Phi) is 2.52. The molecule has 0 radical (unpaired) electrons. The molecule has 0 aromatic carbocycles. The third kappa shape index (κ3) is 1.34. The van der Waals surface area contributed by atoms with Crippen molar-refractivity contribution in [3.05, 3.63) is 10.4 Å². The molecule has 1 heterocycles. The summed E-state index contributed by atoms with van der Waals surface area (Å²) in [5.41, 5.74) is 8.14. The van der Waals surface area contributed by atoms with Gasteiger partial charge in [0.2, 0.25) is 0 Å². The maximum Gasteiger partial charge on any atom is 0.318 e. The molecule has 0 spiro atoms. The SMILES string of the molecule is COC1C(C)OC(=O)C1N=[N+]=[N-]. The highest BCUT2D eigenvalue weighted by Gasteiger charge is 2.42. The van der Waals surface area contributed by atoms with Crippen LogP contribution in [0.25, 0.3) is 10.4 Å². The molecule has 1 saturated heterocycles. The molecule has 0 aliphatic carbocycles. The number of carbonyl (C=O) groups is 1. The minimum atomic E-state index is -0.838. The number of hydrogen-bond acceptors (Lipinski definition) is 4. The third-order valence-corrected chi connectivity index (χ3v) is 1.77. The van der Waals surface area contributed by atoms with Crippen LogP contribution in [0.1, 0.15) is 6.92 Å². The summed E-state index contributed by atoms with van der Waals surface area (Å²) in [7, 11) is 1.45. The molecule has 1 aliphatic heterocycles. The van der Waals surface area contributed by atoms with Gasteiger partial charge in [-0.15, -0.1) is 0 Å². The maximum absolute atomic E-state index is 11.0. The van der Waals surface area contributed by atoms with Gasteiger partial charge in [0.05, 0.1) is 0 Å². The highest BCUT2D eigenvalue weighted by molar-refractivity contribution is 5.79. The van der Waals surface area contributed by atoms with Crippen molar-refractivity contribution in [2.24, 2.45) is 5.11 Å². The Hall–Kier alpha value is -1.26. The van der Waals surface area contributed by atoms with Crippen molar-refractivity contribution in [2.75, 3.05) is 7.11 Å². The fourth-order valence-corrected chi connectivity index (χ4v) is 1.20. The summed E-state index contributed by atoms with van der Waals surface area (Å²) >= 11 is 0. The number of hydrogen-bond donors (Lipinski definition) is 0. The van der Waals surface area contributed by atoms with Gasteiger partial charge in [-0.2, -0.15) is 0 Å². The molecule has 1 fully saturated rings. The van der Waals surface area contributed by atoms with E-state index in [4.69, 9.17) is 15.0 Å². The van der Waals surface area contributed by atoms with Crippen molar-refractivity contribution >= 4 is 5.97 Å². The Balaban J connectivity index is 2.81. The molecule has 1 aliphatic rings. The van der Waals surface area contributed by atoms with Gasteiger partial charge in [-0.25, -0.2) is 0 Å². The standard InChI is InChI=1S/C6H9N3O3/c1-3-5(11-2)4(8-9-7)6(10)12-3/h3-5H,1-2H3. The van der Waals surface area contributed by atoms with E-state index in [2.05, 4.69) is 10.0 Å². The van der Waals surface area contributed by atoms with E-state index in [0.717, 1.165) is 0 Å². The minimum absolute atomic E-state index is 0.349. The number of cyclic esters (lactones) is 1. The Labute approximate surface area is 69.1 Å². The number of esters is 1. The molecule has 0 amide bonds. The predicted molar refractivity (Wildman–Crippen MR) is 39.3 cm³/mol. The Morgan fingerprint density at radius 3 is 2.92 bits per heavy atom. The van der Waals surface area contributed by atoms with Gasteiger partial charge in [0, 0.05) is 12.0 Å². The summed E-state index contributed by atoms with van der Waals surface area (Å²) < 4.78 is 9.75. The van der Waals surface area contributed by atoms with Crippen LogP contribution in [0.2, 0.25) is 0 Å². The molecule has 0 aromatic rings. The Bertz CT molecular complexity index is 236. The number of methoxy groups -OCH3 is 1. The van der Waals surface area contributed by atoms with Crippen LogP contribution in [0, 0.1) is 0 Å². The molecule has 1 rings (SSSR count). The van der Waals surface area contributed by atoms with Crippen LogP contribution in [0.4, 0.5) is 0 Å². The summed E-state index contributed by atoms with van der Waals surface area (Å²) in [4.78, 5) is 13.5. The lowest BCUT2D eigenvalue weighted by atomic mass is 10.1. The zero-order valence-electron chi connectivity index (χ0n) is 6.80. The lowest BCUT2D eigenvalue weighted by Crippen LogP contribution is -2.30. The van der Waals surface area contributed by atoms with Crippen LogP contribution in [0.5, 0.6) is 0 Å². The van der Waals surface area contributed by atoms with Crippen molar-refractivity contribution in [1.29, 1.82) is 0 Å². The van der Waals surface area contributed by atoms with Crippen LogP contribution >= 0.6 is 0 Å². The van der Waals surface area contributed by atoms with Crippen molar-refractivity contribution in [1.82, 2.24) is 0 Å². The van der Waals surface area contributed by atoms with Crippen molar-refractivity contribution < 1.29 is 14.3 Å². The summed E-state index contributed by atoms with van der Waals surface area (Å²) in [5, 5.41) is 3.29. The average Bonchev–Trinajstić information content (AvgIpc) is 2.28. The summed E-state index contributed by atoms with van der Waals surface area (Å²) in [6.45, 7) is 1.69. The molecule has 3 unspecified atom stereocenters. The van der Waals surface area contributed by atoms with Crippen molar-refractivity contribution in [3.8, 4) is 0 Å². The predicted octanol–water partition coefficient (Wildman–Crippen LogP) is 0.626. The third-order valence-electron chi connectivity index (χ3n) is 1.77. The molecule has 66 valence electrons. The van der Waals surface area contributed by atoms with Gasteiger partial charge in [0.25, 0.3) is 0 Å². The van der Waals surface area contributed by atoms with Gasteiger partial charge in [-0.3, -0.25) is 4.79 Å². The first-order valence-corrected chi connectivity index (χ1v) is 3.48. The lowest BCUT2D eigenvalue weighted by Gasteiger charge is -2.12. The van der Waals surface area contributed by atoms with Crippen LogP contribution < -0.4 is 0 Å². The molecule has 6 heteroatoms. The Morgan fingerprint density at radius 1 is 1.75 bits per heavy atom. The van der Waals surface area contributed by atoms with E-state index in [1.54, 1.807) is 6.92 Å². The maximum atomic E-state index is 11.0. The van der Waals surface area contributed by atoms with E-state index in [1.807, 2.05) is 0 Å². The fraction of sp³-hybridized carbons (Fsp3) is 0.833. The molecule has 3 atom stereocenters. The zero-order valence-corrected chi connectivity index (χ0v) is 6.80. The van der Waals surface area contributed by atoms with Crippen molar-refractivity contribution in [3.63, 3.8) is 0 Å². The second-order valence-corrected chi connectivity index (χ2v) is 2.49. The van der Waals surface area contributed by atoms with E-state index in [-0.39, 0.29) is 6.10 Å². The summed E-state index contributed by atoms with van der Waals surface area (Å²) in [6, 6.07) is -0.838. The molecule has 0 bridgehead atoms. The summed E-state index contributed by atoms with van der Waals surface area (Å²) in [6.07, 6.45) is -0.814. The van der Waals surface area contributed by atoms with E-state index in [1.165, 1.54) is 7.11 Å². The first-order chi connectivity index (χ1) is 5.70. The molecule has 6 nitrogen and oxygen atoms in total. The molecule has 0 saturated carbocycles. The monoisotopic (exact) mass is 171 g/mol. The first kappa shape index (κ1) is 8.83. The highest BCUT2D eigenvalue weighted by Crippen LogP contribution is 2.20. The number of ether oxygens (including phenoxy) is 2. The topological polar surface area (TPSA) is 84.3 Å². The normalized spacial score (nSPS) is 34.2. The molecular weight excluding hydrogens is 162 g/mol. The summed E-state index contributed by atoms with van der Waals surface area (Å²) in [5.74, 6) is -0.521. The highest BCUT2D eigenvalue weighted by atomic mass is 16.6. The number of rotatable bonds is 2. The Morgan fingerprint density at radius 2 is 2.42 bits per heavy atom. The van der Waals surface area contributed by atoms with Gasteiger partial charge >= 0.3 is 5.97 Å². The van der Waals surface area contributed by atoms with Gasteiger partial charge in [0.1, 0.15) is 12.2 Å². The minimum Gasteiger partial charge on any atom is -0.459 e. The number of nitrogens with zero attached hydrogens (tertiary/aromatic N) is 3. The van der Waals surface area contributed by atoms with E-state index in [9.17, 15) is 4.79 Å². The van der Waals surface area contributed by atoms with Gasteiger partial charge in [-0.1, -0.05) is 5.11 Å². The molecule has 0 N–H and O–H groups in total. The quantitative estimate of drug-likeness (QED) is 0.264. The lowest BCUT2D eigenvalue weighted by molar-refractivity contribution is -0.141. The van der Waals surface area contributed by atoms with Gasteiger partial charge in [-0.05, 0) is 12.5 Å². The van der Waals surface area contributed by atoms with Crippen LogP contribution in [0.3, 0.4) is 0 Å². The van der Waals surface area contributed by atoms with Crippen LogP contribution in [-0.2, 0) is 14.3 Å². The van der Waals surface area contributed by atoms with Crippen molar-refractivity contribution in [2.45, 2.75) is 25.2 Å². The molecule has 0 aromatic heterocycles. The largest absolute Gasteiger partial charge is 0.459 e. The van der Waals surface area contributed by atoms with Crippen LogP contribution in [-0.4, -0.2) is 31.3 Å². The zero-order chi connectivity index (χ0) is 9.14. The second kappa shape index (κ2) is 3.42. The number of carbonyl (C=O) groups excluding carboxylic acids is 1. The first-order valence-electron chi connectivity index (χ1n) is 3.48. The number of azide groups is 1.